The van der Waals surface area contributed by atoms with Crippen molar-refractivity contribution in [3.8, 4) is 0 Å². The number of carbonyl (C=O) groups is 2. The van der Waals surface area contributed by atoms with Crippen molar-refractivity contribution in [2.24, 2.45) is 5.41 Å². The minimum atomic E-state index is -1.66. The van der Waals surface area contributed by atoms with Crippen molar-refractivity contribution in [3.05, 3.63) is 22.3 Å². The van der Waals surface area contributed by atoms with E-state index < -0.39 is 16.2 Å². The molecule has 33 rings (SSSR count). The van der Waals surface area contributed by atoms with E-state index in [-0.39, 0.29) is 11.9 Å². The fraction of sp³-hybridized carbons (Fsp3) is 0.241. The Morgan fingerprint density at radius 3 is 0.602 bits per heavy atom. The molecule has 0 N–H and O–H groups in total. The molecular weight excluding hydrogens is 1010 g/mol. The Bertz CT molecular complexity index is 7280. The van der Waals surface area contributed by atoms with Crippen LogP contribution in [0.25, 0.3) is 291 Å². The molecule has 2 spiro atoms. The molecule has 2 unspecified atom stereocenters. The molecule has 5 aliphatic carbocycles. The molecule has 4 nitrogen and oxygen atoms in total. The summed E-state index contributed by atoms with van der Waals surface area (Å²) in [5.41, 5.74) is 1.51. The van der Waals surface area contributed by atoms with Crippen LogP contribution in [0.1, 0.15) is 113 Å². The third kappa shape index (κ3) is 2.22. The maximum Gasteiger partial charge on any atom is 0.326 e. The van der Waals surface area contributed by atoms with Gasteiger partial charge in [0.05, 0.1) is 24.0 Å². The van der Waals surface area contributed by atoms with Gasteiger partial charge in [0, 0.05) is 0 Å². The monoisotopic (exact) mass is 1050 g/mol. The molecule has 0 aliphatic heterocycles. The highest BCUT2D eigenvalue weighted by molar-refractivity contribution is 6.82. The van der Waals surface area contributed by atoms with E-state index in [2.05, 4.69) is 13.8 Å². The van der Waals surface area contributed by atoms with Gasteiger partial charge in [0.2, 0.25) is 0 Å². The van der Waals surface area contributed by atoms with Gasteiger partial charge in [-0.05, 0) is 326 Å². The molecule has 2 atom stereocenters. The fourth-order valence-electron chi connectivity index (χ4n) is 27.6. The van der Waals surface area contributed by atoms with E-state index in [1.807, 2.05) is 0 Å². The number of hydrogen-bond acceptors (Lipinski definition) is 4. The summed E-state index contributed by atoms with van der Waals surface area (Å²) in [5.74, 6) is -0.622. The van der Waals surface area contributed by atoms with Gasteiger partial charge in [-0.2, -0.15) is 0 Å². The second-order valence-corrected chi connectivity index (χ2v) is 29.8. The lowest BCUT2D eigenvalue weighted by Crippen LogP contribution is -2.41. The van der Waals surface area contributed by atoms with Crippen molar-refractivity contribution in [1.82, 2.24) is 0 Å². The first kappa shape index (κ1) is 36.1. The Balaban J connectivity index is 0.930. The maximum atomic E-state index is 17.4. The molecule has 5 aliphatic rings. The molecule has 374 valence electrons. The Morgan fingerprint density at radius 2 is 0.373 bits per heavy atom. The SMILES string of the molecule is CCCCCCCCOC(=O)C1(C(=O)OCCCCCCCC)C23c4c5c6c7c8c9c(c%10c%11c2c2c%12c4c4c%13c5c5c7c7c8c8c%14c9c%10c9c%10c%11c2c2c%11c%12c4c4c%12c%13c5c5c7c7c8c8c%14c9c9c%10c2c2c%11c4c4c%12c5c7c5c8c9c2c45)C613. The lowest BCUT2D eigenvalue weighted by molar-refractivity contribution is -0.166. The predicted octanol–water partition coefficient (Wildman–Crippen LogP) is 21.1. The molecule has 0 saturated heterocycles. The van der Waals surface area contributed by atoms with Gasteiger partial charge in [-0.25, -0.2) is 0 Å². The van der Waals surface area contributed by atoms with Gasteiger partial charge < -0.3 is 9.47 Å². The van der Waals surface area contributed by atoms with E-state index >= 15 is 9.59 Å². The van der Waals surface area contributed by atoms with Gasteiger partial charge in [-0.3, -0.25) is 9.59 Å². The second kappa shape index (κ2) is 9.12. The number of benzene rings is 17. The van der Waals surface area contributed by atoms with E-state index in [0.29, 0.717) is 13.2 Å². The molecule has 0 aromatic heterocycles. The number of ether oxygens (including phenoxy) is 2. The lowest BCUT2D eigenvalue weighted by Gasteiger charge is -2.30. The van der Waals surface area contributed by atoms with Crippen LogP contribution < -0.4 is 0 Å². The van der Waals surface area contributed by atoms with Crippen LogP contribution in [0.15, 0.2) is 0 Å². The van der Waals surface area contributed by atoms with Gasteiger partial charge in [0.15, 0.2) is 5.41 Å². The zero-order valence-corrected chi connectivity index (χ0v) is 45.0. The van der Waals surface area contributed by atoms with E-state index in [1.165, 1.54) is 255 Å². The lowest BCUT2D eigenvalue weighted by atomic mass is 9.69. The first-order chi connectivity index (χ1) is 41.2. The average molecular weight is 1050 g/mol. The van der Waals surface area contributed by atoms with Gasteiger partial charge in [0.1, 0.15) is 0 Å². The fourth-order valence-corrected chi connectivity index (χ4v) is 27.6. The van der Waals surface area contributed by atoms with Crippen molar-refractivity contribution in [2.45, 2.75) is 102 Å². The Kier molecular flexibility index (Phi) is 3.96. The van der Waals surface area contributed by atoms with E-state index in [9.17, 15) is 0 Å². The summed E-state index contributed by atoms with van der Waals surface area (Å²) in [5, 5.41) is 81.3. The van der Waals surface area contributed by atoms with Gasteiger partial charge in [0.25, 0.3) is 0 Å². The molecule has 0 amide bonds. The molecule has 0 heterocycles. The van der Waals surface area contributed by atoms with E-state index in [1.54, 1.807) is 97.0 Å². The molecule has 1 saturated carbocycles. The molecule has 4 heteroatoms. The number of unbranched alkanes of at least 4 members (excludes halogenated alkanes) is 10. The maximum absolute atomic E-state index is 17.4. The van der Waals surface area contributed by atoms with Gasteiger partial charge >= 0.3 is 11.9 Å². The van der Waals surface area contributed by atoms with Crippen LogP contribution in [0.4, 0.5) is 0 Å². The Morgan fingerprint density at radius 1 is 0.217 bits per heavy atom. The number of hydrogen-bond donors (Lipinski definition) is 0. The third-order valence-electron chi connectivity index (χ3n) is 28.4. The molecule has 0 radical (unpaired) electrons. The molecule has 1 fully saturated rings. The van der Waals surface area contributed by atoms with Crippen LogP contribution in [0.2, 0.25) is 0 Å². The average Bonchev–Trinajstić information content (AvgIpc) is 1.36. The van der Waals surface area contributed by atoms with Crippen molar-refractivity contribution in [3.63, 3.8) is 0 Å². The van der Waals surface area contributed by atoms with Gasteiger partial charge in [-0.1, -0.05) is 78.1 Å². The van der Waals surface area contributed by atoms with E-state index in [4.69, 9.17) is 9.47 Å². The van der Waals surface area contributed by atoms with Crippen LogP contribution in [0, 0.1) is 5.41 Å². The van der Waals surface area contributed by atoms with Crippen LogP contribution >= 0.6 is 0 Å². The normalized spacial score (nSPS) is 21.1. The molecule has 0 bridgehead atoms. The van der Waals surface area contributed by atoms with Crippen molar-refractivity contribution >= 4 is 303 Å². The molecular formula is C79H34O4. The minimum absolute atomic E-state index is 0.311. The highest BCUT2D eigenvalue weighted by Crippen LogP contribution is 2.97. The number of rotatable bonds is 16. The molecule has 28 aromatic carbocycles. The number of carbonyl (C=O) groups excluding carboxylic acids is 2. The topological polar surface area (TPSA) is 52.6 Å². The molecule has 28 aromatic rings. The van der Waals surface area contributed by atoms with Crippen LogP contribution in [-0.4, -0.2) is 25.2 Å². The summed E-state index contributed by atoms with van der Waals surface area (Å²) < 4.78 is 14.3. The first-order valence-corrected chi connectivity index (χ1v) is 32.3. The van der Waals surface area contributed by atoms with Crippen LogP contribution in [0.5, 0.6) is 0 Å². The highest BCUT2D eigenvalue weighted by atomic mass is 16.6. The first-order valence-electron chi connectivity index (χ1n) is 32.3. The van der Waals surface area contributed by atoms with Crippen molar-refractivity contribution in [1.29, 1.82) is 0 Å². The Labute approximate surface area is 461 Å². The van der Waals surface area contributed by atoms with Gasteiger partial charge in [-0.15, -0.1) is 0 Å². The van der Waals surface area contributed by atoms with E-state index in [0.717, 1.165) is 38.5 Å². The smallest absolute Gasteiger partial charge is 0.326 e. The summed E-state index contributed by atoms with van der Waals surface area (Å²) in [6.07, 6.45) is 13.1. The Hall–Kier alpha value is -8.60. The largest absolute Gasteiger partial charge is 0.465 e. The zero-order chi connectivity index (χ0) is 51.5. The summed E-state index contributed by atoms with van der Waals surface area (Å²) in [7, 11) is 0. The second-order valence-electron chi connectivity index (χ2n) is 29.8. The summed E-state index contributed by atoms with van der Waals surface area (Å²) >= 11 is 0. The van der Waals surface area contributed by atoms with Crippen molar-refractivity contribution in [2.75, 3.05) is 13.2 Å². The van der Waals surface area contributed by atoms with Crippen LogP contribution in [0.3, 0.4) is 0 Å². The third-order valence-corrected chi connectivity index (χ3v) is 28.4. The van der Waals surface area contributed by atoms with Crippen molar-refractivity contribution < 1.29 is 19.1 Å². The highest BCUT2D eigenvalue weighted by Gasteiger charge is 3.02. The minimum Gasteiger partial charge on any atom is -0.465 e. The summed E-state index contributed by atoms with van der Waals surface area (Å²) in [6.45, 7) is 5.20. The predicted molar refractivity (Wildman–Crippen MR) is 345 cm³/mol. The molecule has 83 heavy (non-hydrogen) atoms. The summed E-state index contributed by atoms with van der Waals surface area (Å²) in [6, 6.07) is 0. The van der Waals surface area contributed by atoms with Crippen LogP contribution in [-0.2, 0) is 29.9 Å². The summed E-state index contributed by atoms with van der Waals surface area (Å²) in [4.78, 5) is 34.9. The quantitative estimate of drug-likeness (QED) is 0.0419. The number of esters is 2. The standard InChI is InChI=1S/C79H34O4/c1-3-5-7-9-11-13-15-82-75(80)79(76(81)83-16-14-12-10-8-6-4-2)77-71-64-57-45-37-28-19-17-18-20-23(19)32-39(37)47-48-40(32)38-29(20)31-27-22(18)25-24-21(17)26-30(28)43(45)51-49-35(26)33(24)41-42-34(25)36(27)50-52-44(31)46(38)58-60(48)69(68(71)59(47)57)72-65(58)63(52)67-56(50)54(42)61-53(41)55(49)66(62(51)64)73(77)70(61)74(67)78(72,77)79/h3-16H2,1-2H3. The zero-order valence-electron chi connectivity index (χ0n) is 45.0.